The third kappa shape index (κ3) is 7.16. The zero-order chi connectivity index (χ0) is 24.5. The zero-order valence-corrected chi connectivity index (χ0v) is 21.0. The van der Waals surface area contributed by atoms with Crippen molar-refractivity contribution in [3.05, 3.63) is 82.0 Å². The number of piperidine rings is 1. The van der Waals surface area contributed by atoms with Crippen LogP contribution in [0.25, 0.3) is 0 Å². The summed E-state index contributed by atoms with van der Waals surface area (Å²) in [4.78, 5) is 28.9. The topological polar surface area (TPSA) is 70.7 Å². The number of anilines is 2. The third-order valence-corrected chi connectivity index (χ3v) is 7.23. The summed E-state index contributed by atoms with van der Waals surface area (Å²) in [7, 11) is 1.61. The van der Waals surface area contributed by atoms with Crippen molar-refractivity contribution in [1.29, 1.82) is 0 Å². The van der Waals surface area contributed by atoms with E-state index in [-0.39, 0.29) is 11.8 Å². The summed E-state index contributed by atoms with van der Waals surface area (Å²) in [5.74, 6) is 0.397. The fourth-order valence-corrected chi connectivity index (χ4v) is 5.24. The van der Waals surface area contributed by atoms with E-state index in [9.17, 15) is 9.59 Å². The lowest BCUT2D eigenvalue weighted by Crippen LogP contribution is -2.36. The van der Waals surface area contributed by atoms with Crippen molar-refractivity contribution in [1.82, 2.24) is 5.32 Å². The lowest BCUT2D eigenvalue weighted by atomic mass is 9.89. The fourth-order valence-electron chi connectivity index (χ4n) is 4.54. The second-order valence-corrected chi connectivity index (χ2v) is 9.94. The molecule has 0 aliphatic carbocycles. The maximum atomic E-state index is 13.1. The van der Waals surface area contributed by atoms with Gasteiger partial charge in [0.25, 0.3) is 5.91 Å². The van der Waals surface area contributed by atoms with Gasteiger partial charge in [0.1, 0.15) is 0 Å². The molecule has 184 valence electrons. The Labute approximate surface area is 211 Å². The molecule has 1 fully saturated rings. The first-order valence-corrected chi connectivity index (χ1v) is 13.0. The van der Waals surface area contributed by atoms with Crippen molar-refractivity contribution in [3.8, 4) is 0 Å². The minimum absolute atomic E-state index is 0.0901. The van der Waals surface area contributed by atoms with Crippen molar-refractivity contribution < 1.29 is 14.3 Å². The van der Waals surface area contributed by atoms with E-state index in [1.54, 1.807) is 24.5 Å². The first kappa shape index (κ1) is 24.9. The van der Waals surface area contributed by atoms with Crippen LogP contribution in [0.15, 0.2) is 66.0 Å². The molecule has 7 heteroatoms. The van der Waals surface area contributed by atoms with Gasteiger partial charge in [-0.2, -0.15) is 0 Å². The molecule has 6 nitrogen and oxygen atoms in total. The van der Waals surface area contributed by atoms with Crippen LogP contribution >= 0.6 is 11.3 Å². The maximum absolute atomic E-state index is 13.1. The van der Waals surface area contributed by atoms with Gasteiger partial charge in [-0.15, -0.1) is 11.3 Å². The lowest BCUT2D eigenvalue weighted by molar-refractivity contribution is -0.115. The van der Waals surface area contributed by atoms with E-state index in [0.717, 1.165) is 42.9 Å². The first-order chi connectivity index (χ1) is 17.1. The van der Waals surface area contributed by atoms with Crippen LogP contribution in [0.4, 0.5) is 11.4 Å². The lowest BCUT2D eigenvalue weighted by Gasteiger charge is -2.35. The first-order valence-electron chi connectivity index (χ1n) is 12.1. The number of nitrogens with one attached hydrogen (secondary N) is 2. The van der Waals surface area contributed by atoms with Gasteiger partial charge >= 0.3 is 0 Å². The number of carbonyl (C=O) groups excluding carboxylic acids is 2. The molecule has 0 saturated carbocycles. The van der Waals surface area contributed by atoms with Crippen molar-refractivity contribution in [2.24, 2.45) is 5.92 Å². The van der Waals surface area contributed by atoms with Crippen molar-refractivity contribution in [2.75, 3.05) is 43.6 Å². The summed E-state index contributed by atoms with van der Waals surface area (Å²) in [5.41, 5.74) is 3.50. The third-order valence-electron chi connectivity index (χ3n) is 6.35. The van der Waals surface area contributed by atoms with Crippen molar-refractivity contribution >= 4 is 34.5 Å². The molecule has 3 aromatic rings. The molecule has 0 bridgehead atoms. The van der Waals surface area contributed by atoms with Crippen LogP contribution in [-0.4, -0.2) is 45.2 Å². The van der Waals surface area contributed by atoms with Crippen LogP contribution in [0.1, 0.15) is 33.6 Å². The van der Waals surface area contributed by atoms with Gasteiger partial charge < -0.3 is 20.3 Å². The van der Waals surface area contributed by atoms with E-state index in [2.05, 4.69) is 45.9 Å². The van der Waals surface area contributed by atoms with Crippen molar-refractivity contribution in [3.63, 3.8) is 0 Å². The normalized spacial score (nSPS) is 14.0. The highest BCUT2D eigenvalue weighted by atomic mass is 32.1. The standard InChI is InChI=1S/C28H33N3O3S/c1-34-16-13-29-28(33)25-19-23(30-27(32)20-24-8-5-17-35-24)9-10-26(25)31-14-11-22(12-15-31)18-21-6-3-2-4-7-21/h2-10,17,19,22H,11-16,18,20H2,1H3,(H,29,33)(H,30,32). The highest BCUT2D eigenvalue weighted by Crippen LogP contribution is 2.30. The van der Waals surface area contributed by atoms with Crippen molar-refractivity contribution in [2.45, 2.75) is 25.7 Å². The van der Waals surface area contributed by atoms with Gasteiger partial charge in [0.15, 0.2) is 0 Å². The van der Waals surface area contributed by atoms with E-state index in [1.165, 1.54) is 5.56 Å². The molecule has 0 radical (unpaired) electrons. The Balaban J connectivity index is 1.45. The number of hydrogen-bond acceptors (Lipinski definition) is 5. The van der Waals surface area contributed by atoms with Gasteiger partial charge in [0.2, 0.25) is 5.91 Å². The molecule has 0 atom stereocenters. The van der Waals surface area contributed by atoms with Crippen LogP contribution in [0, 0.1) is 5.92 Å². The number of benzene rings is 2. The molecular formula is C28H33N3O3S. The summed E-state index contributed by atoms with van der Waals surface area (Å²) < 4.78 is 5.08. The number of ether oxygens (including phenoxy) is 1. The number of nitrogens with zero attached hydrogens (tertiary/aromatic N) is 1. The van der Waals surface area contributed by atoms with Gasteiger partial charge in [-0.05, 0) is 60.4 Å². The van der Waals surface area contributed by atoms with Gasteiger partial charge in [-0.3, -0.25) is 9.59 Å². The maximum Gasteiger partial charge on any atom is 0.253 e. The Morgan fingerprint density at radius 1 is 1.06 bits per heavy atom. The van der Waals surface area contributed by atoms with Gasteiger partial charge in [0.05, 0.1) is 18.6 Å². The predicted octanol–water partition coefficient (Wildman–Crippen LogP) is 4.76. The molecule has 2 amide bonds. The van der Waals surface area contributed by atoms with E-state index in [1.807, 2.05) is 29.6 Å². The van der Waals surface area contributed by atoms with Crippen LogP contribution in [0.3, 0.4) is 0 Å². The number of hydrogen-bond donors (Lipinski definition) is 2. The second kappa shape index (κ2) is 12.5. The molecule has 35 heavy (non-hydrogen) atoms. The Hall–Kier alpha value is -3.16. The SMILES string of the molecule is COCCNC(=O)c1cc(NC(=O)Cc2cccs2)ccc1N1CCC(Cc2ccccc2)CC1. The molecule has 4 rings (SSSR count). The van der Waals surface area contributed by atoms with Crippen LogP contribution in [-0.2, 0) is 22.4 Å². The highest BCUT2D eigenvalue weighted by Gasteiger charge is 2.24. The molecule has 1 saturated heterocycles. The average molecular weight is 492 g/mol. The monoisotopic (exact) mass is 491 g/mol. The molecule has 0 unspecified atom stereocenters. The summed E-state index contributed by atoms with van der Waals surface area (Å²) in [6, 6.07) is 20.2. The molecular weight excluding hydrogens is 458 g/mol. The number of rotatable bonds is 10. The number of amides is 2. The van der Waals surface area contributed by atoms with Crippen LogP contribution < -0.4 is 15.5 Å². The summed E-state index contributed by atoms with van der Waals surface area (Å²) in [6.45, 7) is 2.69. The number of thiophene rings is 1. The van der Waals surface area contributed by atoms with E-state index < -0.39 is 0 Å². The molecule has 2 heterocycles. The van der Waals surface area contributed by atoms with Gasteiger partial charge in [-0.1, -0.05) is 36.4 Å². The quantitative estimate of drug-likeness (QED) is 0.401. The second-order valence-electron chi connectivity index (χ2n) is 8.91. The minimum atomic E-state index is -0.155. The minimum Gasteiger partial charge on any atom is -0.383 e. The van der Waals surface area contributed by atoms with E-state index in [0.29, 0.717) is 36.7 Å². The largest absolute Gasteiger partial charge is 0.383 e. The Morgan fingerprint density at radius 2 is 1.86 bits per heavy atom. The van der Waals surface area contributed by atoms with E-state index >= 15 is 0 Å². The molecule has 1 aliphatic rings. The van der Waals surface area contributed by atoms with E-state index in [4.69, 9.17) is 4.74 Å². The van der Waals surface area contributed by atoms with Gasteiger partial charge in [0, 0.05) is 43.0 Å². The predicted molar refractivity (Wildman–Crippen MR) is 142 cm³/mol. The Kier molecular flexibility index (Phi) is 8.92. The van der Waals surface area contributed by atoms with Crippen LogP contribution in [0.5, 0.6) is 0 Å². The smallest absolute Gasteiger partial charge is 0.253 e. The van der Waals surface area contributed by atoms with Crippen LogP contribution in [0.2, 0.25) is 0 Å². The molecule has 2 aromatic carbocycles. The Morgan fingerprint density at radius 3 is 2.57 bits per heavy atom. The molecule has 0 spiro atoms. The number of carbonyl (C=O) groups is 2. The molecule has 1 aromatic heterocycles. The molecule has 1 aliphatic heterocycles. The summed E-state index contributed by atoms with van der Waals surface area (Å²) in [5, 5.41) is 7.85. The summed E-state index contributed by atoms with van der Waals surface area (Å²) in [6.07, 6.45) is 3.58. The number of methoxy groups -OCH3 is 1. The highest BCUT2D eigenvalue weighted by molar-refractivity contribution is 7.10. The van der Waals surface area contributed by atoms with Gasteiger partial charge in [-0.25, -0.2) is 0 Å². The zero-order valence-electron chi connectivity index (χ0n) is 20.2. The average Bonchev–Trinajstić information content (AvgIpc) is 3.38. The molecule has 2 N–H and O–H groups in total. The Bertz CT molecular complexity index is 1090. The fraction of sp³-hybridized carbons (Fsp3) is 0.357. The summed E-state index contributed by atoms with van der Waals surface area (Å²) >= 11 is 1.56.